The van der Waals surface area contributed by atoms with Gasteiger partial charge in [-0.15, -0.1) is 6.58 Å². The highest BCUT2D eigenvalue weighted by molar-refractivity contribution is 9.10. The molecule has 0 aromatic heterocycles. The molecule has 1 aromatic carbocycles. The van der Waals surface area contributed by atoms with Crippen LogP contribution in [-0.2, 0) is 0 Å². The molecule has 0 radical (unpaired) electrons. The van der Waals surface area contributed by atoms with Crippen molar-refractivity contribution in [3.63, 3.8) is 0 Å². The molecule has 0 aliphatic rings. The molecule has 3 nitrogen and oxygen atoms in total. The van der Waals surface area contributed by atoms with Crippen molar-refractivity contribution >= 4 is 21.6 Å². The van der Waals surface area contributed by atoms with E-state index in [2.05, 4.69) is 22.5 Å². The molecule has 17 heavy (non-hydrogen) atoms. The maximum atomic E-state index is 9.49. The third-order valence-electron chi connectivity index (χ3n) is 2.51. The van der Waals surface area contributed by atoms with Crippen molar-refractivity contribution in [3.8, 4) is 0 Å². The van der Waals surface area contributed by atoms with Gasteiger partial charge in [0.2, 0.25) is 0 Å². The zero-order valence-corrected chi connectivity index (χ0v) is 11.5. The Labute approximate surface area is 111 Å². The van der Waals surface area contributed by atoms with Crippen molar-refractivity contribution in [2.45, 2.75) is 13.0 Å². The number of aliphatic hydroxyl groups excluding tert-OH is 2. The van der Waals surface area contributed by atoms with Gasteiger partial charge in [0, 0.05) is 17.6 Å². The van der Waals surface area contributed by atoms with E-state index in [1.165, 1.54) is 0 Å². The van der Waals surface area contributed by atoms with Gasteiger partial charge in [-0.1, -0.05) is 12.1 Å². The third-order valence-corrected chi connectivity index (χ3v) is 3.15. The van der Waals surface area contributed by atoms with Gasteiger partial charge in [0.15, 0.2) is 0 Å². The minimum atomic E-state index is -0.481. The molecule has 1 rings (SSSR count). The predicted octanol–water partition coefficient (Wildman–Crippen LogP) is 2.49. The topological polar surface area (TPSA) is 43.7 Å². The Balaban J connectivity index is 2.99. The molecule has 0 aliphatic heterocycles. The lowest BCUT2D eigenvalue weighted by Crippen LogP contribution is -2.27. The summed E-state index contributed by atoms with van der Waals surface area (Å²) in [6.45, 7) is 6.76. The van der Waals surface area contributed by atoms with Gasteiger partial charge in [-0.05, 0) is 40.5 Å². The molecule has 1 aromatic rings. The Bertz CT molecular complexity index is 380. The molecule has 0 spiro atoms. The summed E-state index contributed by atoms with van der Waals surface area (Å²) in [4.78, 5) is 2.02. The molecular weight excluding hydrogens is 282 g/mol. The Morgan fingerprint density at radius 3 is 2.71 bits per heavy atom. The summed E-state index contributed by atoms with van der Waals surface area (Å²) in [6, 6.07) is 5.72. The standard InChI is InChI=1S/C13H18BrNO2/c1-3-6-15(7-8-16)13-5-4-11(10(2)17)9-12(13)14/h3-5,9-10,16-17H,1,6-8H2,2H3. The van der Waals surface area contributed by atoms with Crippen molar-refractivity contribution in [1.29, 1.82) is 0 Å². The first-order chi connectivity index (χ1) is 8.10. The van der Waals surface area contributed by atoms with E-state index in [1.54, 1.807) is 13.0 Å². The van der Waals surface area contributed by atoms with Gasteiger partial charge in [0.1, 0.15) is 0 Å². The van der Waals surface area contributed by atoms with Crippen LogP contribution < -0.4 is 4.90 Å². The van der Waals surface area contributed by atoms with Crippen LogP contribution in [0.3, 0.4) is 0 Å². The quantitative estimate of drug-likeness (QED) is 0.793. The third kappa shape index (κ3) is 3.84. The van der Waals surface area contributed by atoms with Gasteiger partial charge in [-0.3, -0.25) is 0 Å². The minimum Gasteiger partial charge on any atom is -0.395 e. The number of anilines is 1. The molecule has 4 heteroatoms. The van der Waals surface area contributed by atoms with Crippen LogP contribution in [-0.4, -0.2) is 29.9 Å². The molecule has 94 valence electrons. The number of hydrogen-bond donors (Lipinski definition) is 2. The number of nitrogens with zero attached hydrogens (tertiary/aromatic N) is 1. The number of aliphatic hydroxyl groups is 2. The van der Waals surface area contributed by atoms with Crippen molar-refractivity contribution in [2.75, 3.05) is 24.6 Å². The van der Waals surface area contributed by atoms with Crippen molar-refractivity contribution < 1.29 is 10.2 Å². The molecular formula is C13H18BrNO2. The van der Waals surface area contributed by atoms with E-state index in [1.807, 2.05) is 23.1 Å². The van der Waals surface area contributed by atoms with Crippen molar-refractivity contribution in [1.82, 2.24) is 0 Å². The molecule has 0 fully saturated rings. The first kappa shape index (κ1) is 14.2. The first-order valence-electron chi connectivity index (χ1n) is 5.54. The Morgan fingerprint density at radius 2 is 2.24 bits per heavy atom. The Morgan fingerprint density at radius 1 is 1.53 bits per heavy atom. The van der Waals surface area contributed by atoms with Crippen LogP contribution >= 0.6 is 15.9 Å². The monoisotopic (exact) mass is 299 g/mol. The molecule has 1 unspecified atom stereocenters. The smallest absolute Gasteiger partial charge is 0.0762 e. The van der Waals surface area contributed by atoms with E-state index in [4.69, 9.17) is 5.11 Å². The van der Waals surface area contributed by atoms with Gasteiger partial charge in [-0.25, -0.2) is 0 Å². The lowest BCUT2D eigenvalue weighted by atomic mass is 10.1. The molecule has 0 aliphatic carbocycles. The summed E-state index contributed by atoms with van der Waals surface area (Å²) in [5.41, 5.74) is 1.85. The van der Waals surface area contributed by atoms with E-state index in [-0.39, 0.29) is 6.61 Å². The van der Waals surface area contributed by atoms with Crippen molar-refractivity contribution in [3.05, 3.63) is 40.9 Å². The molecule has 0 heterocycles. The van der Waals surface area contributed by atoms with E-state index < -0.39 is 6.10 Å². The SMILES string of the molecule is C=CCN(CCO)c1ccc(C(C)O)cc1Br. The van der Waals surface area contributed by atoms with Crippen molar-refractivity contribution in [2.24, 2.45) is 0 Å². The lowest BCUT2D eigenvalue weighted by Gasteiger charge is -2.24. The number of rotatable bonds is 6. The minimum absolute atomic E-state index is 0.0957. The summed E-state index contributed by atoms with van der Waals surface area (Å²) in [6.07, 6.45) is 1.32. The van der Waals surface area contributed by atoms with Gasteiger partial charge >= 0.3 is 0 Å². The zero-order valence-electron chi connectivity index (χ0n) is 9.93. The molecule has 0 saturated heterocycles. The van der Waals surface area contributed by atoms with Crippen LogP contribution in [0.15, 0.2) is 35.3 Å². The van der Waals surface area contributed by atoms with E-state index in [9.17, 15) is 5.11 Å². The molecule has 2 N–H and O–H groups in total. The highest BCUT2D eigenvalue weighted by Crippen LogP contribution is 2.29. The fraction of sp³-hybridized carbons (Fsp3) is 0.385. The van der Waals surface area contributed by atoms with Gasteiger partial charge < -0.3 is 15.1 Å². The number of halogens is 1. The van der Waals surface area contributed by atoms with Crippen LogP contribution in [0, 0.1) is 0 Å². The van der Waals surface area contributed by atoms with Gasteiger partial charge in [0.05, 0.1) is 18.4 Å². The van der Waals surface area contributed by atoms with Crippen LogP contribution in [0.1, 0.15) is 18.6 Å². The molecule has 0 amide bonds. The maximum absolute atomic E-state index is 9.49. The second-order valence-corrected chi connectivity index (χ2v) is 4.70. The number of hydrogen-bond acceptors (Lipinski definition) is 3. The van der Waals surface area contributed by atoms with Crippen LogP contribution in [0.2, 0.25) is 0 Å². The summed E-state index contributed by atoms with van der Waals surface area (Å²) >= 11 is 3.49. The second-order valence-electron chi connectivity index (χ2n) is 3.85. The molecule has 0 saturated carbocycles. The van der Waals surface area contributed by atoms with Crippen LogP contribution in [0.5, 0.6) is 0 Å². The second kappa shape index (κ2) is 6.79. The van der Waals surface area contributed by atoms with E-state index >= 15 is 0 Å². The van der Waals surface area contributed by atoms with Gasteiger partial charge in [-0.2, -0.15) is 0 Å². The molecule has 0 bridgehead atoms. The normalized spacial score (nSPS) is 12.2. The summed E-state index contributed by atoms with van der Waals surface area (Å²) in [7, 11) is 0. The number of benzene rings is 1. The Hall–Kier alpha value is -0.840. The first-order valence-corrected chi connectivity index (χ1v) is 6.33. The fourth-order valence-corrected chi connectivity index (χ4v) is 2.27. The average molecular weight is 300 g/mol. The largest absolute Gasteiger partial charge is 0.395 e. The molecule has 1 atom stereocenters. The lowest BCUT2D eigenvalue weighted by molar-refractivity contribution is 0.199. The maximum Gasteiger partial charge on any atom is 0.0762 e. The summed E-state index contributed by atoms with van der Waals surface area (Å²) < 4.78 is 0.909. The van der Waals surface area contributed by atoms with Crippen LogP contribution in [0.4, 0.5) is 5.69 Å². The highest BCUT2D eigenvalue weighted by atomic mass is 79.9. The van der Waals surface area contributed by atoms with E-state index in [0.29, 0.717) is 13.1 Å². The zero-order chi connectivity index (χ0) is 12.8. The van der Waals surface area contributed by atoms with Gasteiger partial charge in [0.25, 0.3) is 0 Å². The highest BCUT2D eigenvalue weighted by Gasteiger charge is 2.10. The average Bonchev–Trinajstić information content (AvgIpc) is 2.28. The predicted molar refractivity (Wildman–Crippen MR) is 74.3 cm³/mol. The van der Waals surface area contributed by atoms with E-state index in [0.717, 1.165) is 15.7 Å². The fourth-order valence-electron chi connectivity index (χ4n) is 1.63. The Kier molecular flexibility index (Phi) is 5.68. The summed E-state index contributed by atoms with van der Waals surface area (Å²) in [5.74, 6) is 0. The summed E-state index contributed by atoms with van der Waals surface area (Å²) in [5, 5.41) is 18.5. The van der Waals surface area contributed by atoms with Crippen LogP contribution in [0.25, 0.3) is 0 Å².